The molecular weight excluding hydrogens is 414 g/mol. The number of likely N-dealkylation sites (tertiary alicyclic amines) is 1. The molecule has 1 aliphatic rings. The summed E-state index contributed by atoms with van der Waals surface area (Å²) in [4.78, 5) is 31.4. The molecule has 1 aromatic heterocycles. The van der Waals surface area contributed by atoms with Crippen LogP contribution in [0.3, 0.4) is 0 Å². The van der Waals surface area contributed by atoms with Crippen LogP contribution in [-0.2, 0) is 0 Å². The first-order chi connectivity index (χ1) is 15.1. The lowest BCUT2D eigenvalue weighted by molar-refractivity contribution is 0.0792. The van der Waals surface area contributed by atoms with E-state index in [0.29, 0.717) is 33.5 Å². The Bertz CT molecular complexity index is 1090. The molecule has 2 aromatic carbocycles. The van der Waals surface area contributed by atoms with Gasteiger partial charge in [0.05, 0.1) is 19.8 Å². The van der Waals surface area contributed by atoms with Gasteiger partial charge < -0.3 is 19.7 Å². The highest BCUT2D eigenvalue weighted by atomic mass is 32.1. The number of anilines is 1. The summed E-state index contributed by atoms with van der Waals surface area (Å²) in [5, 5.41) is 5.20. The largest absolute Gasteiger partial charge is 0.493 e. The van der Waals surface area contributed by atoms with Gasteiger partial charge in [-0.25, -0.2) is 4.98 Å². The van der Waals surface area contributed by atoms with Crippen LogP contribution in [0.2, 0.25) is 0 Å². The average Bonchev–Trinajstić information content (AvgIpc) is 3.51. The smallest absolute Gasteiger partial charge is 0.275 e. The van der Waals surface area contributed by atoms with Crippen LogP contribution in [0, 0.1) is 0 Å². The monoisotopic (exact) mass is 437 g/mol. The zero-order valence-corrected chi connectivity index (χ0v) is 18.2. The van der Waals surface area contributed by atoms with Gasteiger partial charge in [-0.3, -0.25) is 9.59 Å². The summed E-state index contributed by atoms with van der Waals surface area (Å²) >= 11 is 1.35. The highest BCUT2D eigenvalue weighted by molar-refractivity contribution is 7.13. The molecule has 4 rings (SSSR count). The fourth-order valence-electron chi connectivity index (χ4n) is 3.55. The molecule has 7 nitrogen and oxygen atoms in total. The van der Waals surface area contributed by atoms with Crippen molar-refractivity contribution in [2.75, 3.05) is 32.6 Å². The first kappa shape index (κ1) is 20.9. The summed E-state index contributed by atoms with van der Waals surface area (Å²) in [7, 11) is 3.15. The van der Waals surface area contributed by atoms with Gasteiger partial charge >= 0.3 is 0 Å². The second-order valence-electron chi connectivity index (χ2n) is 7.11. The molecule has 0 spiro atoms. The van der Waals surface area contributed by atoms with Gasteiger partial charge in [-0.05, 0) is 49.2 Å². The zero-order valence-electron chi connectivity index (χ0n) is 17.4. The minimum absolute atomic E-state index is 0.0340. The van der Waals surface area contributed by atoms with Gasteiger partial charge in [0.2, 0.25) is 0 Å². The fraction of sp³-hybridized carbons (Fsp3) is 0.261. The van der Waals surface area contributed by atoms with E-state index in [-0.39, 0.29) is 11.8 Å². The summed E-state index contributed by atoms with van der Waals surface area (Å²) in [6.45, 7) is 1.61. The summed E-state index contributed by atoms with van der Waals surface area (Å²) < 4.78 is 10.8. The lowest BCUT2D eigenvalue weighted by Crippen LogP contribution is -2.27. The minimum Gasteiger partial charge on any atom is -0.493 e. The molecule has 31 heavy (non-hydrogen) atoms. The zero-order chi connectivity index (χ0) is 21.8. The Kier molecular flexibility index (Phi) is 6.18. The van der Waals surface area contributed by atoms with Crippen molar-refractivity contribution in [3.63, 3.8) is 0 Å². The second-order valence-corrected chi connectivity index (χ2v) is 7.97. The predicted octanol–water partition coefficient (Wildman–Crippen LogP) is 4.32. The van der Waals surface area contributed by atoms with Crippen LogP contribution in [0.5, 0.6) is 11.5 Å². The van der Waals surface area contributed by atoms with E-state index < -0.39 is 0 Å². The summed E-state index contributed by atoms with van der Waals surface area (Å²) in [6, 6.07) is 12.5. The van der Waals surface area contributed by atoms with Crippen molar-refractivity contribution < 1.29 is 19.1 Å². The number of methoxy groups -OCH3 is 2. The van der Waals surface area contributed by atoms with Crippen molar-refractivity contribution in [2.24, 2.45) is 0 Å². The Morgan fingerprint density at radius 3 is 2.45 bits per heavy atom. The SMILES string of the molecule is COc1cccc(-c2nc(C(=O)Nc3ccc(C(=O)N4CCCC4)cc3)cs2)c1OC. The van der Waals surface area contributed by atoms with Gasteiger partial charge in [0.15, 0.2) is 11.5 Å². The average molecular weight is 438 g/mol. The lowest BCUT2D eigenvalue weighted by atomic mass is 10.2. The minimum atomic E-state index is -0.317. The number of carbonyl (C=O) groups excluding carboxylic acids is 2. The van der Waals surface area contributed by atoms with Gasteiger partial charge in [-0.15, -0.1) is 11.3 Å². The van der Waals surface area contributed by atoms with Crippen molar-refractivity contribution in [2.45, 2.75) is 12.8 Å². The molecule has 160 valence electrons. The Balaban J connectivity index is 1.47. The van der Waals surface area contributed by atoms with E-state index in [1.165, 1.54) is 11.3 Å². The van der Waals surface area contributed by atoms with Crippen molar-refractivity contribution >= 4 is 28.8 Å². The highest BCUT2D eigenvalue weighted by Gasteiger charge is 2.20. The van der Waals surface area contributed by atoms with E-state index >= 15 is 0 Å². The Labute approximate surface area is 184 Å². The molecule has 1 N–H and O–H groups in total. The molecule has 8 heteroatoms. The van der Waals surface area contributed by atoms with E-state index in [0.717, 1.165) is 31.5 Å². The van der Waals surface area contributed by atoms with E-state index in [1.807, 2.05) is 23.1 Å². The number of nitrogens with one attached hydrogen (secondary N) is 1. The molecule has 1 saturated heterocycles. The van der Waals surface area contributed by atoms with Crippen LogP contribution in [0.1, 0.15) is 33.7 Å². The molecular formula is C23H23N3O4S. The summed E-state index contributed by atoms with van der Waals surface area (Å²) in [6.07, 6.45) is 2.11. The quantitative estimate of drug-likeness (QED) is 0.621. The standard InChI is InChI=1S/C23H23N3O4S/c1-29-19-7-5-6-17(20(19)30-2)22-25-18(14-31-22)21(27)24-16-10-8-15(9-11-16)23(28)26-12-3-4-13-26/h5-11,14H,3-4,12-13H2,1-2H3,(H,24,27). The van der Waals surface area contributed by atoms with Crippen molar-refractivity contribution in [3.8, 4) is 22.1 Å². The number of carbonyl (C=O) groups is 2. The number of hydrogen-bond acceptors (Lipinski definition) is 6. The van der Waals surface area contributed by atoms with Gasteiger partial charge in [0, 0.05) is 29.7 Å². The number of aromatic nitrogens is 1. The maximum absolute atomic E-state index is 12.7. The number of thiazole rings is 1. The van der Waals surface area contributed by atoms with Crippen molar-refractivity contribution in [1.29, 1.82) is 0 Å². The lowest BCUT2D eigenvalue weighted by Gasteiger charge is -2.15. The third kappa shape index (κ3) is 4.39. The molecule has 0 unspecified atom stereocenters. The maximum atomic E-state index is 12.7. The number of benzene rings is 2. The third-order valence-corrected chi connectivity index (χ3v) is 6.03. The Morgan fingerprint density at radius 1 is 1.03 bits per heavy atom. The molecule has 1 aliphatic heterocycles. The predicted molar refractivity (Wildman–Crippen MR) is 120 cm³/mol. The van der Waals surface area contributed by atoms with Crippen molar-refractivity contribution in [1.82, 2.24) is 9.88 Å². The van der Waals surface area contributed by atoms with Crippen LogP contribution >= 0.6 is 11.3 Å². The van der Waals surface area contributed by atoms with Crippen LogP contribution in [0.15, 0.2) is 47.8 Å². The van der Waals surface area contributed by atoms with Gasteiger partial charge in [0.25, 0.3) is 11.8 Å². The number of nitrogens with zero attached hydrogens (tertiary/aromatic N) is 2. The normalized spacial score (nSPS) is 13.2. The molecule has 0 saturated carbocycles. The number of amides is 2. The summed E-state index contributed by atoms with van der Waals surface area (Å²) in [5.41, 5.74) is 2.30. The van der Waals surface area contributed by atoms with Crippen LogP contribution < -0.4 is 14.8 Å². The van der Waals surface area contributed by atoms with Gasteiger partial charge in [-0.1, -0.05) is 6.07 Å². The van der Waals surface area contributed by atoms with E-state index in [9.17, 15) is 9.59 Å². The van der Waals surface area contributed by atoms with E-state index in [2.05, 4.69) is 10.3 Å². The molecule has 1 fully saturated rings. The number of rotatable bonds is 6. The molecule has 2 heterocycles. The topological polar surface area (TPSA) is 80.8 Å². The number of hydrogen-bond donors (Lipinski definition) is 1. The van der Waals surface area contributed by atoms with Gasteiger partial charge in [0.1, 0.15) is 10.7 Å². The Hall–Kier alpha value is -3.39. The molecule has 0 radical (unpaired) electrons. The fourth-order valence-corrected chi connectivity index (χ4v) is 4.37. The third-order valence-electron chi connectivity index (χ3n) is 5.15. The maximum Gasteiger partial charge on any atom is 0.275 e. The molecule has 3 aromatic rings. The molecule has 0 aliphatic carbocycles. The molecule has 0 bridgehead atoms. The number of para-hydroxylation sites is 1. The first-order valence-electron chi connectivity index (χ1n) is 9.98. The summed E-state index contributed by atoms with van der Waals surface area (Å²) in [5.74, 6) is 0.893. The second kappa shape index (κ2) is 9.18. The van der Waals surface area contributed by atoms with Crippen molar-refractivity contribution in [3.05, 3.63) is 59.1 Å². The molecule has 2 amide bonds. The molecule has 0 atom stereocenters. The van der Waals surface area contributed by atoms with Crippen LogP contribution in [-0.4, -0.2) is 49.0 Å². The van der Waals surface area contributed by atoms with Crippen LogP contribution in [0.25, 0.3) is 10.6 Å². The first-order valence-corrected chi connectivity index (χ1v) is 10.9. The highest BCUT2D eigenvalue weighted by Crippen LogP contribution is 2.39. The van der Waals surface area contributed by atoms with Gasteiger partial charge in [-0.2, -0.15) is 0 Å². The Morgan fingerprint density at radius 2 is 1.77 bits per heavy atom. The van der Waals surface area contributed by atoms with E-state index in [4.69, 9.17) is 9.47 Å². The van der Waals surface area contributed by atoms with Crippen LogP contribution in [0.4, 0.5) is 5.69 Å². The number of ether oxygens (including phenoxy) is 2. The van der Waals surface area contributed by atoms with E-state index in [1.54, 1.807) is 43.9 Å².